The SMILES string of the molecule is CSCCC(C(=O)Nc1ccc(S(=O)(=O)Nc2nccs2)cc1)N1C(=O)c2ccccc2C1=O. The number of hydrogen-bond acceptors (Lipinski definition) is 8. The molecule has 1 atom stereocenters. The molecule has 3 amide bonds. The summed E-state index contributed by atoms with van der Waals surface area (Å²) < 4.78 is 27.4. The molecule has 1 aliphatic heterocycles. The molecule has 4 rings (SSSR count). The summed E-state index contributed by atoms with van der Waals surface area (Å²) >= 11 is 2.65. The van der Waals surface area contributed by atoms with Crippen molar-refractivity contribution >= 4 is 61.7 Å². The molecule has 1 aliphatic rings. The van der Waals surface area contributed by atoms with Crippen molar-refractivity contribution < 1.29 is 22.8 Å². The zero-order chi connectivity index (χ0) is 24.3. The summed E-state index contributed by atoms with van der Waals surface area (Å²) in [5.41, 5.74) is 0.887. The van der Waals surface area contributed by atoms with Crippen LogP contribution in [0.4, 0.5) is 10.8 Å². The maximum absolute atomic E-state index is 13.1. The van der Waals surface area contributed by atoms with Crippen LogP contribution in [0.3, 0.4) is 0 Å². The fourth-order valence-electron chi connectivity index (χ4n) is 3.49. The first-order chi connectivity index (χ1) is 16.3. The fraction of sp³-hybridized carbons (Fsp3) is 0.182. The predicted octanol–water partition coefficient (Wildman–Crippen LogP) is 3.30. The van der Waals surface area contributed by atoms with Crippen molar-refractivity contribution in [1.29, 1.82) is 0 Å². The highest BCUT2D eigenvalue weighted by molar-refractivity contribution is 7.98. The minimum atomic E-state index is -3.83. The predicted molar refractivity (Wildman–Crippen MR) is 132 cm³/mol. The van der Waals surface area contributed by atoms with Crippen LogP contribution in [0, 0.1) is 0 Å². The van der Waals surface area contributed by atoms with E-state index < -0.39 is 33.8 Å². The smallest absolute Gasteiger partial charge is 0.263 e. The van der Waals surface area contributed by atoms with Crippen molar-refractivity contribution in [3.05, 3.63) is 71.2 Å². The Morgan fingerprint density at radius 2 is 1.74 bits per heavy atom. The third-order valence-corrected chi connectivity index (χ3v) is 7.94. The normalized spacial score (nSPS) is 14.1. The number of rotatable bonds is 9. The number of nitrogens with one attached hydrogen (secondary N) is 2. The van der Waals surface area contributed by atoms with Crippen LogP contribution in [-0.4, -0.2) is 54.1 Å². The lowest BCUT2D eigenvalue weighted by atomic mass is 10.1. The molecule has 2 N–H and O–H groups in total. The molecule has 176 valence electrons. The minimum absolute atomic E-state index is 0.0000185. The Hall–Kier alpha value is -3.22. The van der Waals surface area contributed by atoms with Gasteiger partial charge in [-0.05, 0) is 54.8 Å². The van der Waals surface area contributed by atoms with Gasteiger partial charge < -0.3 is 5.32 Å². The number of nitrogens with zero attached hydrogens (tertiary/aromatic N) is 2. The summed E-state index contributed by atoms with van der Waals surface area (Å²) in [6.45, 7) is 0. The third kappa shape index (κ3) is 4.83. The average molecular weight is 517 g/mol. The molecule has 2 aromatic carbocycles. The number of amides is 3. The van der Waals surface area contributed by atoms with Gasteiger partial charge >= 0.3 is 0 Å². The average Bonchev–Trinajstić information content (AvgIpc) is 3.41. The molecule has 1 aromatic heterocycles. The Kier molecular flexibility index (Phi) is 7.00. The first-order valence-corrected chi connectivity index (χ1v) is 13.9. The third-order valence-electron chi connectivity index (χ3n) is 5.12. The van der Waals surface area contributed by atoms with E-state index in [0.717, 1.165) is 16.2 Å². The van der Waals surface area contributed by atoms with Crippen molar-refractivity contribution in [3.8, 4) is 0 Å². The second-order valence-electron chi connectivity index (χ2n) is 7.28. The van der Waals surface area contributed by atoms with Crippen LogP contribution in [0.15, 0.2) is 65.0 Å². The van der Waals surface area contributed by atoms with Crippen molar-refractivity contribution in [3.63, 3.8) is 0 Å². The van der Waals surface area contributed by atoms with Crippen molar-refractivity contribution in [1.82, 2.24) is 9.88 Å². The zero-order valence-electron chi connectivity index (χ0n) is 17.9. The second kappa shape index (κ2) is 9.95. The molecule has 3 aromatic rings. The molecule has 0 saturated carbocycles. The van der Waals surface area contributed by atoms with Gasteiger partial charge in [0.15, 0.2) is 5.13 Å². The van der Waals surface area contributed by atoms with Gasteiger partial charge in [-0.25, -0.2) is 13.4 Å². The van der Waals surface area contributed by atoms with Crippen molar-refractivity contribution in [2.75, 3.05) is 22.0 Å². The van der Waals surface area contributed by atoms with Gasteiger partial charge in [0.2, 0.25) is 5.91 Å². The number of imide groups is 1. The molecule has 0 fully saturated rings. The molecule has 0 spiro atoms. The number of hydrogen-bond donors (Lipinski definition) is 2. The largest absolute Gasteiger partial charge is 0.324 e. The molecular weight excluding hydrogens is 496 g/mol. The number of aromatic nitrogens is 1. The lowest BCUT2D eigenvalue weighted by Crippen LogP contribution is -2.47. The first kappa shape index (κ1) is 23.9. The second-order valence-corrected chi connectivity index (χ2v) is 10.8. The summed E-state index contributed by atoms with van der Waals surface area (Å²) in [4.78, 5) is 43.8. The molecule has 12 heteroatoms. The van der Waals surface area contributed by atoms with E-state index in [1.54, 1.807) is 29.6 Å². The number of thiazole rings is 1. The zero-order valence-corrected chi connectivity index (χ0v) is 20.4. The van der Waals surface area contributed by atoms with Crippen LogP contribution >= 0.6 is 23.1 Å². The molecule has 2 heterocycles. The van der Waals surface area contributed by atoms with Crippen LogP contribution < -0.4 is 10.0 Å². The molecule has 0 radical (unpaired) electrons. The number of fused-ring (bicyclic) bond motifs is 1. The topological polar surface area (TPSA) is 126 Å². The lowest BCUT2D eigenvalue weighted by molar-refractivity contribution is -0.120. The van der Waals surface area contributed by atoms with E-state index in [9.17, 15) is 22.8 Å². The van der Waals surface area contributed by atoms with Crippen LogP contribution in [-0.2, 0) is 14.8 Å². The van der Waals surface area contributed by atoms with Gasteiger partial charge in [-0.3, -0.25) is 24.0 Å². The van der Waals surface area contributed by atoms with E-state index in [2.05, 4.69) is 15.0 Å². The number of sulfonamides is 1. The molecule has 0 aliphatic carbocycles. The first-order valence-electron chi connectivity index (χ1n) is 10.1. The fourth-order valence-corrected chi connectivity index (χ4v) is 5.74. The van der Waals surface area contributed by atoms with Gasteiger partial charge in [-0.2, -0.15) is 11.8 Å². The summed E-state index contributed by atoms with van der Waals surface area (Å²) in [5.74, 6) is -0.973. The Bertz CT molecular complexity index is 1290. The highest BCUT2D eigenvalue weighted by Crippen LogP contribution is 2.27. The monoisotopic (exact) mass is 516 g/mol. The number of benzene rings is 2. The van der Waals surface area contributed by atoms with Crippen LogP contribution in [0.2, 0.25) is 0 Å². The molecule has 1 unspecified atom stereocenters. The van der Waals surface area contributed by atoms with Gasteiger partial charge in [0.25, 0.3) is 21.8 Å². The van der Waals surface area contributed by atoms with E-state index in [1.807, 2.05) is 6.26 Å². The molecule has 34 heavy (non-hydrogen) atoms. The van der Waals surface area contributed by atoms with Gasteiger partial charge in [-0.15, -0.1) is 11.3 Å². The lowest BCUT2D eigenvalue weighted by Gasteiger charge is -2.25. The van der Waals surface area contributed by atoms with Crippen LogP contribution in [0.5, 0.6) is 0 Å². The molecule has 0 bridgehead atoms. The van der Waals surface area contributed by atoms with Crippen molar-refractivity contribution in [2.45, 2.75) is 17.4 Å². The maximum Gasteiger partial charge on any atom is 0.263 e. The minimum Gasteiger partial charge on any atom is -0.324 e. The Labute approximate surface area is 204 Å². The van der Waals surface area contributed by atoms with E-state index in [0.29, 0.717) is 11.4 Å². The Morgan fingerprint density at radius 1 is 1.09 bits per heavy atom. The molecular formula is C22H20N4O5S3. The van der Waals surface area contributed by atoms with Gasteiger partial charge in [0.05, 0.1) is 16.0 Å². The highest BCUT2D eigenvalue weighted by atomic mass is 32.2. The van der Waals surface area contributed by atoms with E-state index >= 15 is 0 Å². The number of thioether (sulfide) groups is 1. The number of anilines is 2. The van der Waals surface area contributed by atoms with E-state index in [-0.39, 0.29) is 27.6 Å². The Morgan fingerprint density at radius 3 is 2.29 bits per heavy atom. The van der Waals surface area contributed by atoms with Gasteiger partial charge in [0.1, 0.15) is 6.04 Å². The summed E-state index contributed by atoms with van der Waals surface area (Å²) in [6.07, 6.45) is 3.64. The van der Waals surface area contributed by atoms with Gasteiger partial charge in [0, 0.05) is 17.3 Å². The Balaban J connectivity index is 1.51. The van der Waals surface area contributed by atoms with E-state index in [1.165, 1.54) is 42.2 Å². The van der Waals surface area contributed by atoms with Crippen molar-refractivity contribution in [2.24, 2.45) is 0 Å². The van der Waals surface area contributed by atoms with Gasteiger partial charge in [-0.1, -0.05) is 12.1 Å². The van der Waals surface area contributed by atoms with Crippen LogP contribution in [0.1, 0.15) is 27.1 Å². The number of carbonyl (C=O) groups is 3. The highest BCUT2D eigenvalue weighted by Gasteiger charge is 2.42. The maximum atomic E-state index is 13.1. The quantitative estimate of drug-likeness (QED) is 0.418. The van der Waals surface area contributed by atoms with E-state index in [4.69, 9.17) is 0 Å². The van der Waals surface area contributed by atoms with Crippen LogP contribution in [0.25, 0.3) is 0 Å². The standard InChI is InChI=1S/C22H20N4O5S3/c1-32-12-10-18(26-20(28)16-4-2-3-5-17(16)21(26)29)19(27)24-14-6-8-15(9-7-14)34(30,31)25-22-23-11-13-33-22/h2-9,11,13,18H,10,12H2,1H3,(H,23,25)(H,24,27). The summed E-state index contributed by atoms with van der Waals surface area (Å²) in [5, 5.41) is 4.60. The number of carbonyl (C=O) groups excluding carboxylic acids is 3. The summed E-state index contributed by atoms with van der Waals surface area (Å²) in [6, 6.07) is 11.1. The molecule has 9 nitrogen and oxygen atoms in total. The summed E-state index contributed by atoms with van der Waals surface area (Å²) in [7, 11) is -3.83. The molecule has 0 saturated heterocycles.